The number of amides is 2. The molecule has 0 unspecified atom stereocenters. The summed E-state index contributed by atoms with van der Waals surface area (Å²) in [5.74, 6) is -0.511. The molecule has 1 aromatic carbocycles. The van der Waals surface area contributed by atoms with E-state index in [1.54, 1.807) is 28.9 Å². The highest BCUT2D eigenvalue weighted by Gasteiger charge is 2.29. The van der Waals surface area contributed by atoms with Crippen LogP contribution in [0.15, 0.2) is 30.6 Å². The van der Waals surface area contributed by atoms with Gasteiger partial charge in [0.05, 0.1) is 12.5 Å². The number of fused-ring (bicyclic) bond motifs is 1. The van der Waals surface area contributed by atoms with E-state index in [0.29, 0.717) is 23.2 Å². The molecule has 0 fully saturated rings. The van der Waals surface area contributed by atoms with Gasteiger partial charge in [0.2, 0.25) is 17.8 Å². The van der Waals surface area contributed by atoms with Crippen LogP contribution in [0.2, 0.25) is 5.02 Å². The van der Waals surface area contributed by atoms with Crippen molar-refractivity contribution in [1.82, 2.24) is 14.8 Å². The summed E-state index contributed by atoms with van der Waals surface area (Å²) in [6.07, 6.45) is 1.44. The average Bonchev–Trinajstić information content (AvgIpc) is 2.89. The number of rotatable bonds is 3. The Balaban J connectivity index is 1.62. The third-order valence-corrected chi connectivity index (χ3v) is 3.43. The molecule has 3 rings (SSSR count). The molecule has 108 valence electrons. The fraction of sp³-hybridized carbons (Fsp3) is 0.231. The van der Waals surface area contributed by atoms with Gasteiger partial charge in [0, 0.05) is 17.1 Å². The number of carbonyl (C=O) groups excluding carboxylic acids is 2. The van der Waals surface area contributed by atoms with Crippen LogP contribution in [0.5, 0.6) is 0 Å². The molecule has 7 nitrogen and oxygen atoms in total. The normalized spacial score (nSPS) is 17.0. The maximum absolute atomic E-state index is 12.0. The number of nitrogens with one attached hydrogen (secondary N) is 2. The highest BCUT2D eigenvalue weighted by molar-refractivity contribution is 6.30. The SMILES string of the molecule is O=C(C[C@@H]1Cn2ncnc2NC1=O)Nc1ccc(Cl)cc1. The topological polar surface area (TPSA) is 88.9 Å². The van der Waals surface area contributed by atoms with Crippen molar-refractivity contribution in [2.24, 2.45) is 5.92 Å². The van der Waals surface area contributed by atoms with E-state index in [1.165, 1.54) is 6.33 Å². The first-order valence-corrected chi connectivity index (χ1v) is 6.74. The van der Waals surface area contributed by atoms with Gasteiger partial charge in [-0.1, -0.05) is 11.6 Å². The van der Waals surface area contributed by atoms with Crippen LogP contribution in [0.4, 0.5) is 11.6 Å². The summed E-state index contributed by atoms with van der Waals surface area (Å²) in [6, 6.07) is 6.78. The van der Waals surface area contributed by atoms with Gasteiger partial charge in [-0.3, -0.25) is 14.9 Å². The van der Waals surface area contributed by atoms with Crippen LogP contribution >= 0.6 is 11.6 Å². The molecule has 1 aliphatic heterocycles. The minimum absolute atomic E-state index is 0.0771. The lowest BCUT2D eigenvalue weighted by Gasteiger charge is -2.21. The maximum Gasteiger partial charge on any atom is 0.232 e. The Morgan fingerprint density at radius 3 is 2.95 bits per heavy atom. The van der Waals surface area contributed by atoms with Gasteiger partial charge in [0.1, 0.15) is 6.33 Å². The summed E-state index contributed by atoms with van der Waals surface area (Å²) in [5.41, 5.74) is 0.641. The largest absolute Gasteiger partial charge is 0.326 e. The van der Waals surface area contributed by atoms with Gasteiger partial charge in [-0.2, -0.15) is 10.1 Å². The Morgan fingerprint density at radius 2 is 2.19 bits per heavy atom. The monoisotopic (exact) mass is 305 g/mol. The van der Waals surface area contributed by atoms with Crippen LogP contribution in [0.25, 0.3) is 0 Å². The second kappa shape index (κ2) is 5.53. The molecule has 21 heavy (non-hydrogen) atoms. The predicted octanol–water partition coefficient (Wildman–Crippen LogP) is 1.53. The Hall–Kier alpha value is -2.41. The van der Waals surface area contributed by atoms with Gasteiger partial charge in [0.25, 0.3) is 0 Å². The summed E-state index contributed by atoms with van der Waals surface area (Å²) in [7, 11) is 0. The molecule has 2 amide bonds. The molecule has 0 aliphatic carbocycles. The fourth-order valence-corrected chi connectivity index (χ4v) is 2.25. The Bertz CT molecular complexity index is 682. The number of hydrogen-bond donors (Lipinski definition) is 2. The maximum atomic E-state index is 12.0. The zero-order valence-corrected chi connectivity index (χ0v) is 11.7. The highest BCUT2D eigenvalue weighted by atomic mass is 35.5. The van der Waals surface area contributed by atoms with E-state index in [9.17, 15) is 9.59 Å². The molecule has 0 radical (unpaired) electrons. The van der Waals surface area contributed by atoms with Crippen LogP contribution in [0, 0.1) is 5.92 Å². The number of benzene rings is 1. The molecule has 0 saturated heterocycles. The van der Waals surface area contributed by atoms with Crippen LogP contribution in [-0.2, 0) is 16.1 Å². The minimum Gasteiger partial charge on any atom is -0.326 e. The van der Waals surface area contributed by atoms with Gasteiger partial charge < -0.3 is 5.32 Å². The lowest BCUT2D eigenvalue weighted by molar-refractivity contribution is -0.125. The molecule has 0 bridgehead atoms. The first-order valence-electron chi connectivity index (χ1n) is 6.36. The first-order chi connectivity index (χ1) is 10.1. The molecule has 2 aromatic rings. The third-order valence-electron chi connectivity index (χ3n) is 3.17. The second-order valence-electron chi connectivity index (χ2n) is 4.71. The Kier molecular flexibility index (Phi) is 3.57. The molecule has 1 atom stereocenters. The molecule has 2 N–H and O–H groups in total. The van der Waals surface area contributed by atoms with Crippen molar-refractivity contribution in [3.05, 3.63) is 35.6 Å². The van der Waals surface area contributed by atoms with Crippen molar-refractivity contribution in [3.63, 3.8) is 0 Å². The van der Waals surface area contributed by atoms with Crippen molar-refractivity contribution >= 4 is 35.1 Å². The Morgan fingerprint density at radius 1 is 1.43 bits per heavy atom. The number of hydrogen-bond acceptors (Lipinski definition) is 4. The molecule has 0 saturated carbocycles. The van der Waals surface area contributed by atoms with Gasteiger partial charge in [0.15, 0.2) is 0 Å². The van der Waals surface area contributed by atoms with Gasteiger partial charge in [-0.15, -0.1) is 0 Å². The lowest BCUT2D eigenvalue weighted by atomic mass is 10.0. The molecular weight excluding hydrogens is 294 g/mol. The summed E-state index contributed by atoms with van der Waals surface area (Å²) in [4.78, 5) is 27.8. The van der Waals surface area contributed by atoms with Crippen LogP contribution in [0.1, 0.15) is 6.42 Å². The summed E-state index contributed by atoms with van der Waals surface area (Å²) in [5, 5.41) is 9.93. The van der Waals surface area contributed by atoms with E-state index in [-0.39, 0.29) is 18.2 Å². The van der Waals surface area contributed by atoms with E-state index in [4.69, 9.17) is 11.6 Å². The zero-order valence-electron chi connectivity index (χ0n) is 10.9. The summed E-state index contributed by atoms with van der Waals surface area (Å²) < 4.78 is 1.57. The predicted molar refractivity (Wildman–Crippen MR) is 76.8 cm³/mol. The van der Waals surface area contributed by atoms with Crippen molar-refractivity contribution in [2.75, 3.05) is 10.6 Å². The number of aromatic nitrogens is 3. The van der Waals surface area contributed by atoms with Gasteiger partial charge in [-0.05, 0) is 24.3 Å². The van der Waals surface area contributed by atoms with E-state index in [0.717, 1.165) is 0 Å². The molecular formula is C13H12ClN5O2. The lowest BCUT2D eigenvalue weighted by Crippen LogP contribution is -2.36. The van der Waals surface area contributed by atoms with Crippen LogP contribution in [0.3, 0.4) is 0 Å². The van der Waals surface area contributed by atoms with E-state index in [1.807, 2.05) is 0 Å². The minimum atomic E-state index is -0.466. The van der Waals surface area contributed by atoms with Crippen LogP contribution in [-0.4, -0.2) is 26.6 Å². The molecule has 2 heterocycles. The zero-order chi connectivity index (χ0) is 14.8. The van der Waals surface area contributed by atoms with Gasteiger partial charge in [-0.25, -0.2) is 4.68 Å². The van der Waals surface area contributed by atoms with Crippen molar-refractivity contribution in [3.8, 4) is 0 Å². The molecule has 0 spiro atoms. The van der Waals surface area contributed by atoms with Crippen LogP contribution < -0.4 is 10.6 Å². The number of carbonyl (C=O) groups is 2. The molecule has 1 aliphatic rings. The number of anilines is 2. The highest BCUT2D eigenvalue weighted by Crippen LogP contribution is 2.19. The molecule has 1 aromatic heterocycles. The van der Waals surface area contributed by atoms with Crippen molar-refractivity contribution in [1.29, 1.82) is 0 Å². The van der Waals surface area contributed by atoms with Gasteiger partial charge >= 0.3 is 0 Å². The average molecular weight is 306 g/mol. The smallest absolute Gasteiger partial charge is 0.232 e. The summed E-state index contributed by atoms with van der Waals surface area (Å²) >= 11 is 5.78. The number of nitrogens with zero attached hydrogens (tertiary/aromatic N) is 3. The quantitative estimate of drug-likeness (QED) is 0.900. The van der Waals surface area contributed by atoms with Crippen molar-refractivity contribution < 1.29 is 9.59 Å². The fourth-order valence-electron chi connectivity index (χ4n) is 2.12. The standard InChI is InChI=1S/C13H12ClN5O2/c14-9-1-3-10(4-2-9)17-11(20)5-8-6-19-13(15-7-16-19)18-12(8)21/h1-4,7-8H,5-6H2,(H,17,20)(H,15,16,18,21)/t8-/m1/s1. The summed E-state index contributed by atoms with van der Waals surface area (Å²) in [6.45, 7) is 0.342. The number of halogens is 1. The van der Waals surface area contributed by atoms with E-state index >= 15 is 0 Å². The van der Waals surface area contributed by atoms with E-state index in [2.05, 4.69) is 20.7 Å². The third kappa shape index (κ3) is 3.03. The first kappa shape index (κ1) is 13.6. The Labute approximate surface area is 125 Å². The van der Waals surface area contributed by atoms with Crippen molar-refractivity contribution in [2.45, 2.75) is 13.0 Å². The molecule has 8 heteroatoms. The van der Waals surface area contributed by atoms with E-state index < -0.39 is 5.92 Å². The second-order valence-corrected chi connectivity index (χ2v) is 5.15.